The first-order chi connectivity index (χ1) is 6.19. The molecule has 1 aromatic heterocycles. The van der Waals surface area contributed by atoms with Crippen LogP contribution in [0.4, 0.5) is 0 Å². The van der Waals surface area contributed by atoms with E-state index in [-0.39, 0.29) is 11.9 Å². The van der Waals surface area contributed by atoms with Gasteiger partial charge in [0.05, 0.1) is 4.88 Å². The van der Waals surface area contributed by atoms with E-state index in [1.54, 1.807) is 26.1 Å². The molecule has 0 radical (unpaired) electrons. The van der Waals surface area contributed by atoms with Crippen molar-refractivity contribution in [1.29, 1.82) is 0 Å². The second-order valence-electron chi connectivity index (χ2n) is 2.56. The number of nitrogens with zero attached hydrogens (tertiary/aromatic N) is 1. The third-order valence-corrected chi connectivity index (χ3v) is 2.90. The SMILES string of the molecule is CNC(=O)c1ccc(C(C)N=O)s1. The third-order valence-electron chi connectivity index (χ3n) is 1.65. The van der Waals surface area contributed by atoms with Crippen LogP contribution in [0.2, 0.25) is 0 Å². The molecule has 13 heavy (non-hydrogen) atoms. The highest BCUT2D eigenvalue weighted by atomic mass is 32.1. The molecule has 70 valence electrons. The van der Waals surface area contributed by atoms with Crippen LogP contribution in [0.15, 0.2) is 17.3 Å². The number of carbonyl (C=O) groups excluding carboxylic acids is 1. The minimum atomic E-state index is -0.372. The Balaban J connectivity index is 2.86. The van der Waals surface area contributed by atoms with Crippen LogP contribution in [0.25, 0.3) is 0 Å². The maximum Gasteiger partial charge on any atom is 0.261 e. The predicted octanol–water partition coefficient (Wildman–Crippen LogP) is 1.94. The molecule has 1 heterocycles. The minimum Gasteiger partial charge on any atom is -0.354 e. The summed E-state index contributed by atoms with van der Waals surface area (Å²) in [7, 11) is 1.57. The van der Waals surface area contributed by atoms with Gasteiger partial charge in [0.25, 0.3) is 5.91 Å². The number of hydrogen-bond acceptors (Lipinski definition) is 4. The van der Waals surface area contributed by atoms with Gasteiger partial charge in [-0.15, -0.1) is 11.3 Å². The lowest BCUT2D eigenvalue weighted by Crippen LogP contribution is -2.15. The highest BCUT2D eigenvalue weighted by Gasteiger charge is 2.11. The second kappa shape index (κ2) is 4.13. The van der Waals surface area contributed by atoms with Crippen molar-refractivity contribution >= 4 is 17.2 Å². The zero-order valence-corrected chi connectivity index (χ0v) is 8.22. The van der Waals surface area contributed by atoms with E-state index in [0.717, 1.165) is 4.88 Å². The quantitative estimate of drug-likeness (QED) is 0.754. The average Bonchev–Trinajstić information content (AvgIpc) is 2.64. The molecular weight excluding hydrogens is 188 g/mol. The zero-order valence-electron chi connectivity index (χ0n) is 7.40. The first-order valence-electron chi connectivity index (χ1n) is 3.83. The molecule has 0 aliphatic rings. The molecular formula is C8H10N2O2S. The van der Waals surface area contributed by atoms with Gasteiger partial charge in [-0.1, -0.05) is 5.18 Å². The monoisotopic (exact) mass is 198 g/mol. The highest BCUT2D eigenvalue weighted by molar-refractivity contribution is 7.14. The molecule has 0 bridgehead atoms. The number of carbonyl (C=O) groups is 1. The van der Waals surface area contributed by atoms with Gasteiger partial charge >= 0.3 is 0 Å². The Hall–Kier alpha value is -1.23. The van der Waals surface area contributed by atoms with E-state index in [4.69, 9.17) is 0 Å². The van der Waals surface area contributed by atoms with E-state index in [1.165, 1.54) is 11.3 Å². The zero-order chi connectivity index (χ0) is 9.84. The number of amides is 1. The van der Waals surface area contributed by atoms with Crippen LogP contribution in [0, 0.1) is 4.91 Å². The topological polar surface area (TPSA) is 58.5 Å². The fourth-order valence-electron chi connectivity index (χ4n) is 0.875. The predicted molar refractivity (Wildman–Crippen MR) is 51.9 cm³/mol. The van der Waals surface area contributed by atoms with Crippen LogP contribution in [0.1, 0.15) is 27.5 Å². The van der Waals surface area contributed by atoms with Gasteiger partial charge in [0.1, 0.15) is 6.04 Å². The second-order valence-corrected chi connectivity index (χ2v) is 3.68. The van der Waals surface area contributed by atoms with Gasteiger partial charge < -0.3 is 5.32 Å². The summed E-state index contributed by atoms with van der Waals surface area (Å²) < 4.78 is 0. The van der Waals surface area contributed by atoms with Crippen LogP contribution < -0.4 is 5.32 Å². The summed E-state index contributed by atoms with van der Waals surface area (Å²) in [5.74, 6) is -0.130. The van der Waals surface area contributed by atoms with Crippen molar-refractivity contribution in [3.8, 4) is 0 Å². The van der Waals surface area contributed by atoms with E-state index in [2.05, 4.69) is 10.5 Å². The summed E-state index contributed by atoms with van der Waals surface area (Å²) in [6.45, 7) is 1.70. The third kappa shape index (κ3) is 2.12. The molecule has 1 unspecified atom stereocenters. The first-order valence-corrected chi connectivity index (χ1v) is 4.65. The van der Waals surface area contributed by atoms with Crippen molar-refractivity contribution in [3.63, 3.8) is 0 Å². The molecule has 1 N–H and O–H groups in total. The molecule has 1 rings (SSSR count). The fourth-order valence-corrected chi connectivity index (χ4v) is 1.81. The molecule has 0 saturated carbocycles. The van der Waals surface area contributed by atoms with E-state index in [1.807, 2.05) is 0 Å². The molecule has 5 heteroatoms. The summed E-state index contributed by atoms with van der Waals surface area (Å²) in [5.41, 5.74) is 0. The summed E-state index contributed by atoms with van der Waals surface area (Å²) in [6.07, 6.45) is 0. The summed E-state index contributed by atoms with van der Waals surface area (Å²) in [6, 6.07) is 3.07. The average molecular weight is 198 g/mol. The van der Waals surface area contributed by atoms with Crippen LogP contribution in [-0.4, -0.2) is 13.0 Å². The van der Waals surface area contributed by atoms with Crippen molar-refractivity contribution in [3.05, 3.63) is 26.8 Å². The minimum absolute atomic E-state index is 0.130. The van der Waals surface area contributed by atoms with Crippen molar-refractivity contribution in [2.45, 2.75) is 13.0 Å². The molecule has 0 fully saturated rings. The number of thiophene rings is 1. The molecule has 0 spiro atoms. The Morgan fingerprint density at radius 2 is 2.31 bits per heavy atom. The Labute approximate surface area is 79.9 Å². The van der Waals surface area contributed by atoms with Gasteiger partial charge in [0.2, 0.25) is 0 Å². The summed E-state index contributed by atoms with van der Waals surface area (Å²) in [4.78, 5) is 22.8. The highest BCUT2D eigenvalue weighted by Crippen LogP contribution is 2.25. The molecule has 0 aliphatic heterocycles. The fraction of sp³-hybridized carbons (Fsp3) is 0.375. The Morgan fingerprint density at radius 3 is 2.85 bits per heavy atom. The normalized spacial score (nSPS) is 12.2. The number of nitroso groups, excluding NO2 is 1. The Morgan fingerprint density at radius 1 is 1.62 bits per heavy atom. The van der Waals surface area contributed by atoms with Crippen LogP contribution in [0.3, 0.4) is 0 Å². The van der Waals surface area contributed by atoms with Crippen molar-refractivity contribution in [2.24, 2.45) is 5.18 Å². The van der Waals surface area contributed by atoms with Crippen molar-refractivity contribution < 1.29 is 4.79 Å². The Kier molecular flexibility index (Phi) is 3.13. The van der Waals surface area contributed by atoms with E-state index < -0.39 is 0 Å². The summed E-state index contributed by atoms with van der Waals surface area (Å²) in [5, 5.41) is 5.40. The first kappa shape index (κ1) is 9.85. The van der Waals surface area contributed by atoms with Gasteiger partial charge in [-0.05, 0) is 19.1 Å². The van der Waals surface area contributed by atoms with Crippen LogP contribution >= 0.6 is 11.3 Å². The van der Waals surface area contributed by atoms with E-state index in [9.17, 15) is 9.70 Å². The smallest absolute Gasteiger partial charge is 0.261 e. The van der Waals surface area contributed by atoms with Crippen molar-refractivity contribution in [1.82, 2.24) is 5.32 Å². The number of hydrogen-bond donors (Lipinski definition) is 1. The summed E-state index contributed by atoms with van der Waals surface area (Å²) >= 11 is 1.29. The van der Waals surface area contributed by atoms with E-state index in [0.29, 0.717) is 4.88 Å². The molecule has 1 aromatic rings. The lowest BCUT2D eigenvalue weighted by Gasteiger charge is -1.95. The van der Waals surface area contributed by atoms with Gasteiger partial charge in [0, 0.05) is 11.9 Å². The van der Waals surface area contributed by atoms with Crippen LogP contribution in [0.5, 0.6) is 0 Å². The lowest BCUT2D eigenvalue weighted by molar-refractivity contribution is 0.0967. The molecule has 1 amide bonds. The Bertz CT molecular complexity index is 322. The number of rotatable bonds is 3. The van der Waals surface area contributed by atoms with Gasteiger partial charge in [-0.3, -0.25) is 4.79 Å². The molecule has 0 aromatic carbocycles. The van der Waals surface area contributed by atoms with Gasteiger partial charge in [-0.2, -0.15) is 4.91 Å². The van der Waals surface area contributed by atoms with Gasteiger partial charge in [-0.25, -0.2) is 0 Å². The molecule has 0 aliphatic carbocycles. The molecule has 1 atom stereocenters. The standard InChI is InChI=1S/C8H10N2O2S/c1-5(10-12)6-3-4-7(13-6)8(11)9-2/h3-5H,1-2H3,(H,9,11). The van der Waals surface area contributed by atoms with Crippen molar-refractivity contribution in [2.75, 3.05) is 7.05 Å². The molecule has 0 saturated heterocycles. The van der Waals surface area contributed by atoms with Gasteiger partial charge in [0.15, 0.2) is 0 Å². The van der Waals surface area contributed by atoms with Crippen LogP contribution in [-0.2, 0) is 0 Å². The molecule has 4 nitrogen and oxygen atoms in total. The van der Waals surface area contributed by atoms with E-state index >= 15 is 0 Å². The maximum atomic E-state index is 11.1. The lowest BCUT2D eigenvalue weighted by atomic mass is 10.3. The largest absolute Gasteiger partial charge is 0.354 e. The number of nitrogens with one attached hydrogen (secondary N) is 1. The maximum absolute atomic E-state index is 11.1.